The van der Waals surface area contributed by atoms with Gasteiger partial charge in [0.05, 0.1) is 12.2 Å². The Hall–Kier alpha value is -3.95. The molecule has 0 aliphatic rings. The zero-order valence-corrected chi connectivity index (χ0v) is 23.7. The first kappa shape index (κ1) is 25.7. The van der Waals surface area contributed by atoms with Crippen molar-refractivity contribution in [2.45, 2.75) is 52.4 Å². The molecule has 38 heavy (non-hydrogen) atoms. The van der Waals surface area contributed by atoms with Gasteiger partial charge in [0.1, 0.15) is 17.0 Å². The molecule has 0 aliphatic carbocycles. The molecule has 0 aliphatic heterocycles. The fourth-order valence-electron chi connectivity index (χ4n) is 3.86. The summed E-state index contributed by atoms with van der Waals surface area (Å²) in [4.78, 5) is 23.1. The van der Waals surface area contributed by atoms with E-state index in [9.17, 15) is 0 Å². The van der Waals surface area contributed by atoms with Gasteiger partial charge in [-0.25, -0.2) is 24.9 Å². The highest BCUT2D eigenvalue weighted by atomic mass is 28.4. The number of benzene rings is 1. The van der Waals surface area contributed by atoms with Gasteiger partial charge in [0.15, 0.2) is 25.6 Å². The highest BCUT2D eigenvalue weighted by molar-refractivity contribution is 6.74. The molecule has 9 heteroatoms. The van der Waals surface area contributed by atoms with Crippen molar-refractivity contribution in [3.8, 4) is 28.6 Å². The maximum Gasteiger partial charge on any atom is 0.192 e. The minimum atomic E-state index is -1.85. The number of nitrogens with two attached hydrogens (primary N) is 1. The molecule has 5 aromatic rings. The van der Waals surface area contributed by atoms with Crippen LogP contribution >= 0.6 is 0 Å². The fraction of sp³-hybridized carbons (Fsp3) is 0.276. The van der Waals surface area contributed by atoms with Crippen LogP contribution in [0.25, 0.3) is 39.8 Å². The molecule has 4 heterocycles. The molecule has 0 radical (unpaired) electrons. The van der Waals surface area contributed by atoms with Gasteiger partial charge in [-0.15, -0.1) is 0 Å². The summed E-state index contributed by atoms with van der Waals surface area (Å²) in [6, 6.07) is 15.9. The minimum Gasteiger partial charge on any atom is -0.413 e. The number of rotatable bonds is 6. The summed E-state index contributed by atoms with van der Waals surface area (Å²) in [6.07, 6.45) is 5.25. The van der Waals surface area contributed by atoms with Gasteiger partial charge in [-0.05, 0) is 72.6 Å². The summed E-state index contributed by atoms with van der Waals surface area (Å²) in [7, 11) is -1.85. The lowest BCUT2D eigenvalue weighted by Crippen LogP contribution is -2.40. The number of fused-ring (bicyclic) bond motifs is 1. The number of aromatic nitrogens is 6. The van der Waals surface area contributed by atoms with E-state index in [1.807, 2.05) is 35.8 Å². The van der Waals surface area contributed by atoms with Crippen molar-refractivity contribution in [3.63, 3.8) is 0 Å². The van der Waals surface area contributed by atoms with Crippen LogP contribution in [-0.2, 0) is 11.0 Å². The van der Waals surface area contributed by atoms with Gasteiger partial charge in [-0.1, -0.05) is 32.9 Å². The van der Waals surface area contributed by atoms with Crippen LogP contribution in [0.4, 0.5) is 5.82 Å². The Morgan fingerprint density at radius 1 is 0.921 bits per heavy atom. The molecule has 0 fully saturated rings. The second-order valence-corrected chi connectivity index (χ2v) is 15.9. The molecule has 5 rings (SSSR count). The summed E-state index contributed by atoms with van der Waals surface area (Å²) in [5.41, 5.74) is 12.1. The quantitative estimate of drug-likeness (QED) is 0.258. The average Bonchev–Trinajstić information content (AvgIpc) is 3.26. The molecular weight excluding hydrogens is 490 g/mol. The van der Waals surface area contributed by atoms with E-state index >= 15 is 0 Å². The lowest BCUT2D eigenvalue weighted by atomic mass is 10.2. The smallest absolute Gasteiger partial charge is 0.192 e. The van der Waals surface area contributed by atoms with Crippen molar-refractivity contribution in [2.24, 2.45) is 0 Å². The van der Waals surface area contributed by atoms with E-state index in [1.54, 1.807) is 18.6 Å². The zero-order chi connectivity index (χ0) is 27.1. The van der Waals surface area contributed by atoms with E-state index in [1.165, 1.54) is 0 Å². The minimum absolute atomic E-state index is 0.158. The standard InChI is InChI=1S/C29H33N7OSi/c1-19-16-32-26(33-17-19)23-13-14-24-28(34-23)36(27(35-24)22-8-7-15-31-25(22)30)21-11-9-20(10-12-21)18-37-38(5,6)29(2,3)4/h7-17H,18H2,1-6H3,(H2,30,31). The molecular formula is C29H33N7OSi. The maximum absolute atomic E-state index is 6.43. The SMILES string of the molecule is Cc1cnc(-c2ccc3nc(-c4cccnc4N)n(-c4ccc(CO[Si](C)(C)C(C)(C)C)cc4)c3n2)nc1. The molecule has 0 atom stereocenters. The van der Waals surface area contributed by atoms with Gasteiger partial charge in [0, 0.05) is 24.3 Å². The summed E-state index contributed by atoms with van der Waals surface area (Å²) < 4.78 is 8.44. The molecule has 2 N–H and O–H groups in total. The Kier molecular flexibility index (Phi) is 6.58. The van der Waals surface area contributed by atoms with E-state index in [-0.39, 0.29) is 5.04 Å². The predicted molar refractivity (Wildman–Crippen MR) is 154 cm³/mol. The third-order valence-electron chi connectivity index (χ3n) is 7.19. The highest BCUT2D eigenvalue weighted by Crippen LogP contribution is 2.37. The molecule has 4 aromatic heterocycles. The van der Waals surface area contributed by atoms with Gasteiger partial charge in [0.2, 0.25) is 0 Å². The van der Waals surface area contributed by atoms with E-state index in [2.05, 4.69) is 73.1 Å². The largest absolute Gasteiger partial charge is 0.413 e. The molecule has 194 valence electrons. The van der Waals surface area contributed by atoms with Crippen LogP contribution in [0.2, 0.25) is 18.1 Å². The first-order valence-corrected chi connectivity index (χ1v) is 15.6. The third kappa shape index (κ3) is 4.94. The van der Waals surface area contributed by atoms with Gasteiger partial charge < -0.3 is 10.2 Å². The Labute approximate surface area is 224 Å². The van der Waals surface area contributed by atoms with Crippen molar-refractivity contribution >= 4 is 25.3 Å². The van der Waals surface area contributed by atoms with Crippen LogP contribution in [-0.4, -0.2) is 37.8 Å². The number of imidazole rings is 1. The van der Waals surface area contributed by atoms with E-state index < -0.39 is 8.32 Å². The van der Waals surface area contributed by atoms with Crippen LogP contribution in [0.1, 0.15) is 31.9 Å². The zero-order valence-electron chi connectivity index (χ0n) is 22.7. The number of pyridine rings is 2. The van der Waals surface area contributed by atoms with Crippen molar-refractivity contribution in [3.05, 3.63) is 78.2 Å². The summed E-state index contributed by atoms with van der Waals surface area (Å²) in [5, 5.41) is 0.158. The second kappa shape index (κ2) is 9.73. The molecule has 0 spiro atoms. The maximum atomic E-state index is 6.43. The Morgan fingerprint density at radius 3 is 2.29 bits per heavy atom. The van der Waals surface area contributed by atoms with E-state index in [4.69, 9.17) is 20.1 Å². The summed E-state index contributed by atoms with van der Waals surface area (Å²) in [5.74, 6) is 1.64. The Morgan fingerprint density at radius 2 is 1.63 bits per heavy atom. The van der Waals surface area contributed by atoms with Crippen LogP contribution in [0.3, 0.4) is 0 Å². The van der Waals surface area contributed by atoms with Crippen molar-refractivity contribution in [1.29, 1.82) is 0 Å². The highest BCUT2D eigenvalue weighted by Gasteiger charge is 2.37. The molecule has 0 amide bonds. The number of nitrogens with zero attached hydrogens (tertiary/aromatic N) is 6. The second-order valence-electron chi connectivity index (χ2n) is 11.0. The van der Waals surface area contributed by atoms with Gasteiger partial charge >= 0.3 is 0 Å². The monoisotopic (exact) mass is 523 g/mol. The number of anilines is 1. The van der Waals surface area contributed by atoms with Crippen LogP contribution in [0.5, 0.6) is 0 Å². The van der Waals surface area contributed by atoms with Crippen molar-refractivity contribution in [1.82, 2.24) is 29.5 Å². The van der Waals surface area contributed by atoms with Gasteiger partial charge in [-0.3, -0.25) is 4.57 Å². The Bertz CT molecular complexity index is 1590. The topological polar surface area (TPSA) is 105 Å². The number of hydrogen-bond donors (Lipinski definition) is 1. The lowest BCUT2D eigenvalue weighted by Gasteiger charge is -2.36. The molecule has 0 bridgehead atoms. The summed E-state index contributed by atoms with van der Waals surface area (Å²) >= 11 is 0. The van der Waals surface area contributed by atoms with Gasteiger partial charge in [0.25, 0.3) is 0 Å². The van der Waals surface area contributed by atoms with Gasteiger partial charge in [-0.2, -0.15) is 0 Å². The molecule has 8 nitrogen and oxygen atoms in total. The van der Waals surface area contributed by atoms with Crippen LogP contribution in [0, 0.1) is 6.92 Å². The number of hydrogen-bond acceptors (Lipinski definition) is 7. The average molecular weight is 524 g/mol. The van der Waals surface area contributed by atoms with E-state index in [0.29, 0.717) is 35.4 Å². The van der Waals surface area contributed by atoms with Crippen LogP contribution < -0.4 is 5.73 Å². The number of aryl methyl sites for hydroxylation is 1. The third-order valence-corrected chi connectivity index (χ3v) is 11.7. The first-order chi connectivity index (χ1) is 18.0. The predicted octanol–water partition coefficient (Wildman–Crippen LogP) is 6.35. The molecule has 1 aromatic carbocycles. The molecule has 0 saturated heterocycles. The Balaban J connectivity index is 1.59. The lowest BCUT2D eigenvalue weighted by molar-refractivity contribution is 0.276. The van der Waals surface area contributed by atoms with Crippen molar-refractivity contribution < 1.29 is 4.43 Å². The first-order valence-electron chi connectivity index (χ1n) is 12.7. The fourth-order valence-corrected chi connectivity index (χ4v) is 4.82. The summed E-state index contributed by atoms with van der Waals surface area (Å²) in [6.45, 7) is 13.8. The normalized spacial score (nSPS) is 12.3. The number of nitrogen functional groups attached to an aromatic ring is 1. The molecule has 0 unspecified atom stereocenters. The van der Waals surface area contributed by atoms with E-state index in [0.717, 1.165) is 27.9 Å². The van der Waals surface area contributed by atoms with Crippen LogP contribution in [0.15, 0.2) is 67.1 Å². The molecule has 0 saturated carbocycles. The van der Waals surface area contributed by atoms with Crippen molar-refractivity contribution in [2.75, 3.05) is 5.73 Å².